The second-order valence-electron chi connectivity index (χ2n) is 5.74. The lowest BCUT2D eigenvalue weighted by atomic mass is 10.1. The highest BCUT2D eigenvalue weighted by atomic mass is 35.5. The molecule has 0 saturated carbocycles. The van der Waals surface area contributed by atoms with E-state index >= 15 is 0 Å². The van der Waals surface area contributed by atoms with Gasteiger partial charge in [0.1, 0.15) is 0 Å². The highest BCUT2D eigenvalue weighted by Gasteiger charge is 2.16. The lowest BCUT2D eigenvalue weighted by Gasteiger charge is -2.31. The van der Waals surface area contributed by atoms with Crippen LogP contribution < -0.4 is 10.2 Å². The van der Waals surface area contributed by atoms with Crippen LogP contribution in [0.3, 0.4) is 0 Å². The molecule has 1 aliphatic heterocycles. The predicted molar refractivity (Wildman–Crippen MR) is 90.6 cm³/mol. The third-order valence-corrected chi connectivity index (χ3v) is 4.28. The van der Waals surface area contributed by atoms with Crippen LogP contribution in [0.2, 0.25) is 5.02 Å². The summed E-state index contributed by atoms with van der Waals surface area (Å²) in [4.78, 5) is 7.31. The summed E-state index contributed by atoms with van der Waals surface area (Å²) in [7, 11) is 0. The van der Waals surface area contributed by atoms with Crippen LogP contribution in [-0.4, -0.2) is 31.2 Å². The first-order valence-electron chi connectivity index (χ1n) is 7.74. The largest absolute Gasteiger partial charge is 0.368 e. The standard InChI is InChI=1S/C17H22ClN3/c1-3-4-14-11-16(21-7-5-19-6-8-21)15-10-13(18)9-12(2)17(15)20-14/h9-11,19H,3-8H2,1-2H3. The van der Waals surface area contributed by atoms with Crippen molar-refractivity contribution in [2.75, 3.05) is 31.1 Å². The third kappa shape index (κ3) is 2.99. The van der Waals surface area contributed by atoms with E-state index in [1.54, 1.807) is 0 Å². The molecule has 0 spiro atoms. The number of pyridine rings is 1. The number of benzene rings is 1. The average Bonchev–Trinajstić information content (AvgIpc) is 2.48. The number of aryl methyl sites for hydroxylation is 2. The second kappa shape index (κ2) is 6.20. The molecule has 112 valence electrons. The van der Waals surface area contributed by atoms with Crippen molar-refractivity contribution in [3.63, 3.8) is 0 Å². The summed E-state index contributed by atoms with van der Waals surface area (Å²) >= 11 is 6.28. The van der Waals surface area contributed by atoms with Gasteiger partial charge in [-0.2, -0.15) is 0 Å². The number of piperazine rings is 1. The Labute approximate surface area is 131 Å². The smallest absolute Gasteiger partial charge is 0.0756 e. The summed E-state index contributed by atoms with van der Waals surface area (Å²) < 4.78 is 0. The number of nitrogens with zero attached hydrogens (tertiary/aromatic N) is 2. The van der Waals surface area contributed by atoms with Crippen molar-refractivity contribution in [3.05, 3.63) is 34.5 Å². The predicted octanol–water partition coefficient (Wildman–Crippen LogP) is 3.56. The Morgan fingerprint density at radius 3 is 2.71 bits per heavy atom. The van der Waals surface area contributed by atoms with Gasteiger partial charge >= 0.3 is 0 Å². The van der Waals surface area contributed by atoms with E-state index in [1.165, 1.54) is 16.8 Å². The van der Waals surface area contributed by atoms with Crippen molar-refractivity contribution in [3.8, 4) is 0 Å². The molecule has 3 nitrogen and oxygen atoms in total. The number of hydrogen-bond donors (Lipinski definition) is 1. The molecule has 1 aliphatic rings. The van der Waals surface area contributed by atoms with Crippen LogP contribution in [0, 0.1) is 6.92 Å². The van der Waals surface area contributed by atoms with E-state index in [0.717, 1.165) is 55.1 Å². The molecule has 1 aromatic carbocycles. The maximum atomic E-state index is 6.28. The molecular weight excluding hydrogens is 282 g/mol. The van der Waals surface area contributed by atoms with Gasteiger partial charge in [-0.25, -0.2) is 0 Å². The Kier molecular flexibility index (Phi) is 4.32. The quantitative estimate of drug-likeness (QED) is 0.940. The molecule has 0 amide bonds. The molecule has 0 bridgehead atoms. The molecule has 0 unspecified atom stereocenters. The molecule has 2 heterocycles. The van der Waals surface area contributed by atoms with Gasteiger partial charge in [0.2, 0.25) is 0 Å². The second-order valence-corrected chi connectivity index (χ2v) is 6.18. The van der Waals surface area contributed by atoms with Crippen LogP contribution in [0.15, 0.2) is 18.2 Å². The van der Waals surface area contributed by atoms with Gasteiger partial charge in [-0.1, -0.05) is 24.9 Å². The number of anilines is 1. The maximum Gasteiger partial charge on any atom is 0.0756 e. The normalized spacial score (nSPS) is 15.7. The molecule has 21 heavy (non-hydrogen) atoms. The number of aromatic nitrogens is 1. The number of nitrogens with one attached hydrogen (secondary N) is 1. The number of fused-ring (bicyclic) bond motifs is 1. The Morgan fingerprint density at radius 2 is 2.00 bits per heavy atom. The van der Waals surface area contributed by atoms with Gasteiger partial charge in [0, 0.05) is 48.0 Å². The van der Waals surface area contributed by atoms with Gasteiger partial charge in [0.05, 0.1) is 5.52 Å². The summed E-state index contributed by atoms with van der Waals surface area (Å²) in [5.74, 6) is 0. The molecule has 1 aromatic heterocycles. The molecule has 1 saturated heterocycles. The van der Waals surface area contributed by atoms with E-state index in [4.69, 9.17) is 16.6 Å². The van der Waals surface area contributed by atoms with E-state index < -0.39 is 0 Å². The highest BCUT2D eigenvalue weighted by molar-refractivity contribution is 6.31. The fraction of sp³-hybridized carbons (Fsp3) is 0.471. The first-order chi connectivity index (χ1) is 10.2. The van der Waals surface area contributed by atoms with E-state index in [1.807, 2.05) is 6.07 Å². The summed E-state index contributed by atoms with van der Waals surface area (Å²) in [5, 5.41) is 5.39. The fourth-order valence-electron chi connectivity index (χ4n) is 3.04. The first kappa shape index (κ1) is 14.6. The minimum Gasteiger partial charge on any atom is -0.368 e. The van der Waals surface area contributed by atoms with Crippen LogP contribution in [0.25, 0.3) is 10.9 Å². The Balaban J connectivity index is 2.18. The van der Waals surface area contributed by atoms with E-state index in [9.17, 15) is 0 Å². The minimum absolute atomic E-state index is 0.793. The lowest BCUT2D eigenvalue weighted by Crippen LogP contribution is -2.43. The average molecular weight is 304 g/mol. The van der Waals surface area contributed by atoms with Gasteiger partial charge in [-0.05, 0) is 37.1 Å². The number of rotatable bonds is 3. The van der Waals surface area contributed by atoms with Crippen LogP contribution in [0.5, 0.6) is 0 Å². The van der Waals surface area contributed by atoms with Crippen molar-refractivity contribution in [2.24, 2.45) is 0 Å². The zero-order valence-corrected chi connectivity index (χ0v) is 13.5. The monoisotopic (exact) mass is 303 g/mol. The SMILES string of the molecule is CCCc1cc(N2CCNCC2)c2cc(Cl)cc(C)c2n1. The van der Waals surface area contributed by atoms with Gasteiger partial charge in [-0.15, -0.1) is 0 Å². The van der Waals surface area contributed by atoms with Crippen molar-refractivity contribution >= 4 is 28.2 Å². The molecule has 0 aliphatic carbocycles. The molecule has 0 atom stereocenters. The first-order valence-corrected chi connectivity index (χ1v) is 8.12. The minimum atomic E-state index is 0.793. The van der Waals surface area contributed by atoms with Crippen molar-refractivity contribution < 1.29 is 0 Å². The van der Waals surface area contributed by atoms with Gasteiger partial charge in [0.25, 0.3) is 0 Å². The van der Waals surface area contributed by atoms with E-state index in [2.05, 4.69) is 36.2 Å². The van der Waals surface area contributed by atoms with Crippen molar-refractivity contribution in [2.45, 2.75) is 26.7 Å². The molecule has 4 heteroatoms. The molecule has 1 N–H and O–H groups in total. The summed E-state index contributed by atoms with van der Waals surface area (Å²) in [5.41, 5.74) is 4.73. The van der Waals surface area contributed by atoms with Crippen molar-refractivity contribution in [1.82, 2.24) is 10.3 Å². The summed E-state index contributed by atoms with van der Waals surface area (Å²) in [6, 6.07) is 6.32. The highest BCUT2D eigenvalue weighted by Crippen LogP contribution is 2.32. The summed E-state index contributed by atoms with van der Waals surface area (Å²) in [6.07, 6.45) is 2.14. The number of halogens is 1. The molecule has 1 fully saturated rings. The lowest BCUT2D eigenvalue weighted by molar-refractivity contribution is 0.590. The maximum absolute atomic E-state index is 6.28. The molecule has 2 aromatic rings. The summed E-state index contributed by atoms with van der Waals surface area (Å²) in [6.45, 7) is 8.44. The third-order valence-electron chi connectivity index (χ3n) is 4.06. The van der Waals surface area contributed by atoms with E-state index in [-0.39, 0.29) is 0 Å². The van der Waals surface area contributed by atoms with Crippen molar-refractivity contribution in [1.29, 1.82) is 0 Å². The Hall–Kier alpha value is -1.32. The van der Waals surface area contributed by atoms with Crippen LogP contribution in [0.1, 0.15) is 24.6 Å². The number of hydrogen-bond acceptors (Lipinski definition) is 3. The zero-order valence-electron chi connectivity index (χ0n) is 12.7. The van der Waals surface area contributed by atoms with Gasteiger partial charge in [0.15, 0.2) is 0 Å². The topological polar surface area (TPSA) is 28.2 Å². The Morgan fingerprint density at radius 1 is 1.24 bits per heavy atom. The molecule has 3 rings (SSSR count). The molecular formula is C17H22ClN3. The van der Waals surface area contributed by atoms with Crippen LogP contribution in [0.4, 0.5) is 5.69 Å². The van der Waals surface area contributed by atoms with E-state index in [0.29, 0.717) is 0 Å². The fourth-order valence-corrected chi connectivity index (χ4v) is 3.31. The zero-order chi connectivity index (χ0) is 14.8. The van der Waals surface area contributed by atoms with Crippen LogP contribution >= 0.6 is 11.6 Å². The van der Waals surface area contributed by atoms with Crippen LogP contribution in [-0.2, 0) is 6.42 Å². The molecule has 0 radical (unpaired) electrons. The Bertz CT molecular complexity index is 648. The van der Waals surface area contributed by atoms with Gasteiger partial charge < -0.3 is 10.2 Å². The van der Waals surface area contributed by atoms with Gasteiger partial charge in [-0.3, -0.25) is 4.98 Å².